The summed E-state index contributed by atoms with van der Waals surface area (Å²) in [6.45, 7) is 8.43. The van der Waals surface area contributed by atoms with Crippen LogP contribution in [0.3, 0.4) is 0 Å². The first-order valence-corrected chi connectivity index (χ1v) is 9.29. The van der Waals surface area contributed by atoms with Crippen LogP contribution in [0.5, 0.6) is 0 Å². The Morgan fingerprint density at radius 1 is 1.23 bits per heavy atom. The molecule has 1 heterocycles. The third-order valence-corrected chi connectivity index (χ3v) is 5.26. The van der Waals surface area contributed by atoms with Gasteiger partial charge in [0.25, 0.3) is 0 Å². The first kappa shape index (κ1) is 20.5. The second kappa shape index (κ2) is 8.69. The van der Waals surface area contributed by atoms with Crippen LogP contribution in [0.1, 0.15) is 47.9 Å². The summed E-state index contributed by atoms with van der Waals surface area (Å²) in [6, 6.07) is 8.53. The largest absolute Gasteiger partial charge is 0.354 e. The van der Waals surface area contributed by atoms with Gasteiger partial charge in [0.1, 0.15) is 0 Å². The van der Waals surface area contributed by atoms with Crippen molar-refractivity contribution >= 4 is 17.5 Å². The van der Waals surface area contributed by atoms with Crippen molar-refractivity contribution in [3.8, 4) is 0 Å². The normalized spacial score (nSPS) is 13.7. The smallest absolute Gasteiger partial charge is 0.222 e. The molecule has 5 nitrogen and oxygen atoms in total. The summed E-state index contributed by atoms with van der Waals surface area (Å²) in [5, 5.41) is 8.17. The van der Waals surface area contributed by atoms with Gasteiger partial charge in [-0.15, -0.1) is 0 Å². The monoisotopic (exact) mass is 376 g/mol. The van der Waals surface area contributed by atoms with Gasteiger partial charge >= 0.3 is 0 Å². The number of likely N-dealkylation sites (N-methyl/N-ethyl adjacent to an activating group) is 1. The Balaban J connectivity index is 1.97. The molecule has 6 heteroatoms. The van der Waals surface area contributed by atoms with E-state index in [1.807, 2.05) is 39.5 Å². The molecule has 2 atom stereocenters. The van der Waals surface area contributed by atoms with Gasteiger partial charge < -0.3 is 10.2 Å². The predicted molar refractivity (Wildman–Crippen MR) is 107 cm³/mol. The molecule has 0 saturated heterocycles. The van der Waals surface area contributed by atoms with E-state index in [4.69, 9.17) is 11.6 Å². The van der Waals surface area contributed by atoms with Gasteiger partial charge in [0.15, 0.2) is 0 Å². The molecular formula is C20H29ClN4O. The number of nitrogens with zero attached hydrogens (tertiary/aromatic N) is 3. The van der Waals surface area contributed by atoms with Crippen LogP contribution in [0, 0.1) is 20.8 Å². The number of rotatable bonds is 7. The molecule has 2 rings (SSSR count). The summed E-state index contributed by atoms with van der Waals surface area (Å²) < 4.78 is 1.83. The van der Waals surface area contributed by atoms with E-state index in [1.54, 1.807) is 0 Å². The van der Waals surface area contributed by atoms with E-state index in [0.29, 0.717) is 18.0 Å². The Bertz CT molecular complexity index is 752. The number of carbonyl (C=O) groups is 1. The van der Waals surface area contributed by atoms with Crippen molar-refractivity contribution in [1.82, 2.24) is 20.0 Å². The summed E-state index contributed by atoms with van der Waals surface area (Å²) in [4.78, 5) is 14.6. The average Bonchev–Trinajstić information content (AvgIpc) is 2.84. The molecule has 0 radical (unpaired) electrons. The van der Waals surface area contributed by atoms with E-state index < -0.39 is 0 Å². The SMILES string of the molecule is Cc1ccc([C@@H](CNC(=O)C[C@@H](C)n2nc(C)c(Cl)c2C)N(C)C)cc1. The van der Waals surface area contributed by atoms with E-state index in [9.17, 15) is 4.79 Å². The van der Waals surface area contributed by atoms with Crippen LogP contribution in [0.4, 0.5) is 0 Å². The number of benzene rings is 1. The molecule has 0 saturated carbocycles. The topological polar surface area (TPSA) is 50.2 Å². The number of hydrogen-bond donors (Lipinski definition) is 1. The molecule has 0 fully saturated rings. The molecule has 2 aromatic rings. The molecule has 1 N–H and O–H groups in total. The van der Waals surface area contributed by atoms with Crippen LogP contribution >= 0.6 is 11.6 Å². The zero-order valence-corrected chi connectivity index (χ0v) is 17.3. The summed E-state index contributed by atoms with van der Waals surface area (Å²) >= 11 is 6.21. The third-order valence-electron chi connectivity index (χ3n) is 4.71. The van der Waals surface area contributed by atoms with Crippen LogP contribution in [0.25, 0.3) is 0 Å². The lowest BCUT2D eigenvalue weighted by atomic mass is 10.0. The van der Waals surface area contributed by atoms with Gasteiger partial charge in [0.05, 0.1) is 28.5 Å². The molecule has 0 aliphatic carbocycles. The predicted octanol–water partition coefficient (Wildman–Crippen LogP) is 3.83. The number of halogens is 1. The Hall–Kier alpha value is -1.85. The molecule has 26 heavy (non-hydrogen) atoms. The summed E-state index contributed by atoms with van der Waals surface area (Å²) in [5.74, 6) is 0.0140. The molecule has 0 aliphatic heterocycles. The first-order chi connectivity index (χ1) is 12.2. The van der Waals surface area contributed by atoms with Crippen LogP contribution in [-0.2, 0) is 4.79 Å². The molecule has 1 aromatic heterocycles. The second-order valence-corrected chi connectivity index (χ2v) is 7.55. The van der Waals surface area contributed by atoms with Crippen molar-refractivity contribution in [2.45, 2.75) is 46.2 Å². The zero-order chi connectivity index (χ0) is 19.4. The number of aromatic nitrogens is 2. The highest BCUT2D eigenvalue weighted by molar-refractivity contribution is 6.31. The Kier molecular flexibility index (Phi) is 6.84. The van der Waals surface area contributed by atoms with Crippen LogP contribution in [0.15, 0.2) is 24.3 Å². The third kappa shape index (κ3) is 4.86. The van der Waals surface area contributed by atoms with Crippen LogP contribution in [0.2, 0.25) is 5.02 Å². The highest BCUT2D eigenvalue weighted by Crippen LogP contribution is 2.23. The van der Waals surface area contributed by atoms with Gasteiger partial charge in [-0.05, 0) is 47.4 Å². The fourth-order valence-electron chi connectivity index (χ4n) is 3.10. The van der Waals surface area contributed by atoms with Gasteiger partial charge in [-0.2, -0.15) is 5.10 Å². The molecule has 142 valence electrons. The van der Waals surface area contributed by atoms with E-state index in [2.05, 4.69) is 46.5 Å². The fraction of sp³-hybridized carbons (Fsp3) is 0.500. The van der Waals surface area contributed by atoms with Gasteiger partial charge in [0, 0.05) is 13.0 Å². The van der Waals surface area contributed by atoms with E-state index >= 15 is 0 Å². The Morgan fingerprint density at radius 3 is 2.35 bits per heavy atom. The molecular weight excluding hydrogens is 348 g/mol. The van der Waals surface area contributed by atoms with Crippen LogP contribution < -0.4 is 5.32 Å². The lowest BCUT2D eigenvalue weighted by molar-refractivity contribution is -0.122. The van der Waals surface area contributed by atoms with Crippen LogP contribution in [-0.4, -0.2) is 41.2 Å². The van der Waals surface area contributed by atoms with E-state index in [0.717, 1.165) is 11.4 Å². The first-order valence-electron chi connectivity index (χ1n) is 8.91. The molecule has 0 spiro atoms. The van der Waals surface area contributed by atoms with Crippen molar-refractivity contribution in [2.75, 3.05) is 20.6 Å². The fourth-order valence-corrected chi connectivity index (χ4v) is 3.22. The summed E-state index contributed by atoms with van der Waals surface area (Å²) in [7, 11) is 4.05. The van der Waals surface area contributed by atoms with Crippen molar-refractivity contribution < 1.29 is 4.79 Å². The lowest BCUT2D eigenvalue weighted by Gasteiger charge is -2.25. The van der Waals surface area contributed by atoms with E-state index in [-0.39, 0.29) is 18.0 Å². The van der Waals surface area contributed by atoms with Crippen molar-refractivity contribution in [3.63, 3.8) is 0 Å². The van der Waals surface area contributed by atoms with Crippen molar-refractivity contribution in [1.29, 1.82) is 0 Å². The van der Waals surface area contributed by atoms with Crippen molar-refractivity contribution in [2.24, 2.45) is 0 Å². The number of nitrogens with one attached hydrogen (secondary N) is 1. The molecule has 0 aliphatic rings. The highest BCUT2D eigenvalue weighted by atomic mass is 35.5. The van der Waals surface area contributed by atoms with Gasteiger partial charge in [-0.25, -0.2) is 0 Å². The second-order valence-electron chi connectivity index (χ2n) is 7.18. The van der Waals surface area contributed by atoms with E-state index in [1.165, 1.54) is 11.1 Å². The summed E-state index contributed by atoms with van der Waals surface area (Å²) in [6.07, 6.45) is 0.367. The highest BCUT2D eigenvalue weighted by Gasteiger charge is 2.19. The number of amides is 1. The maximum Gasteiger partial charge on any atom is 0.222 e. The minimum Gasteiger partial charge on any atom is -0.354 e. The number of carbonyl (C=O) groups excluding carboxylic acids is 1. The summed E-state index contributed by atoms with van der Waals surface area (Å²) in [5.41, 5.74) is 4.12. The molecule has 0 unspecified atom stereocenters. The standard InChI is InChI=1S/C20H29ClN4O/c1-13-7-9-17(10-8-13)18(24(5)6)12-22-19(26)11-14(2)25-16(4)20(21)15(3)23-25/h7-10,14,18H,11-12H2,1-6H3,(H,22,26)/t14-,18-/m1/s1. The van der Waals surface area contributed by atoms with Gasteiger partial charge in [-0.1, -0.05) is 41.4 Å². The number of aryl methyl sites for hydroxylation is 2. The lowest BCUT2D eigenvalue weighted by Crippen LogP contribution is -2.35. The maximum atomic E-state index is 12.4. The molecule has 1 aromatic carbocycles. The number of hydrogen-bond acceptors (Lipinski definition) is 3. The Morgan fingerprint density at radius 2 is 1.85 bits per heavy atom. The quantitative estimate of drug-likeness (QED) is 0.798. The molecule has 0 bridgehead atoms. The molecule has 1 amide bonds. The minimum absolute atomic E-state index is 0.0140. The zero-order valence-electron chi connectivity index (χ0n) is 16.5. The minimum atomic E-state index is -0.0432. The average molecular weight is 377 g/mol. The Labute approximate surface area is 161 Å². The van der Waals surface area contributed by atoms with Crippen molar-refractivity contribution in [3.05, 3.63) is 51.8 Å². The van der Waals surface area contributed by atoms with Gasteiger partial charge in [-0.3, -0.25) is 9.48 Å². The maximum absolute atomic E-state index is 12.4. The van der Waals surface area contributed by atoms with Gasteiger partial charge in [0.2, 0.25) is 5.91 Å².